The maximum Gasteiger partial charge on any atom is 0.134 e. The van der Waals surface area contributed by atoms with Crippen molar-refractivity contribution in [2.45, 2.75) is 6.42 Å². The third-order valence-corrected chi connectivity index (χ3v) is 3.55. The van der Waals surface area contributed by atoms with Gasteiger partial charge in [-0.3, -0.25) is 0 Å². The van der Waals surface area contributed by atoms with Crippen LogP contribution in [0.4, 0.5) is 0 Å². The molecule has 0 N–H and O–H groups in total. The van der Waals surface area contributed by atoms with Gasteiger partial charge in [0, 0.05) is 10.9 Å². The minimum atomic E-state index is 0.647. The van der Waals surface area contributed by atoms with E-state index in [0.29, 0.717) is 5.56 Å². The maximum atomic E-state index is 8.99. The van der Waals surface area contributed by atoms with E-state index in [0.717, 1.165) is 34.3 Å². The lowest BCUT2D eigenvalue weighted by atomic mass is 10.1. The van der Waals surface area contributed by atoms with Gasteiger partial charge in [0.25, 0.3) is 0 Å². The lowest BCUT2D eigenvalue weighted by Gasteiger charge is -1.99. The second-order valence-corrected chi connectivity index (χ2v) is 4.96. The Kier molecular flexibility index (Phi) is 3.93. The topological polar surface area (TPSA) is 46.2 Å². The number of methoxy groups -OCH3 is 1. The zero-order valence-electron chi connectivity index (χ0n) is 12.2. The summed E-state index contributed by atoms with van der Waals surface area (Å²) >= 11 is 0. The molecule has 0 radical (unpaired) electrons. The van der Waals surface area contributed by atoms with Crippen LogP contribution in [0.15, 0.2) is 59.2 Å². The third-order valence-electron chi connectivity index (χ3n) is 3.55. The number of nitriles is 1. The summed E-state index contributed by atoms with van der Waals surface area (Å²) < 4.78 is 10.7. The molecule has 1 heterocycles. The lowest BCUT2D eigenvalue weighted by molar-refractivity contribution is 0.415. The van der Waals surface area contributed by atoms with Crippen LogP contribution < -0.4 is 4.74 Å². The number of rotatable bonds is 4. The largest absolute Gasteiger partial charge is 0.497 e. The van der Waals surface area contributed by atoms with Crippen molar-refractivity contribution in [2.75, 3.05) is 7.11 Å². The summed E-state index contributed by atoms with van der Waals surface area (Å²) in [4.78, 5) is 0. The molecule has 22 heavy (non-hydrogen) atoms. The Morgan fingerprint density at radius 3 is 2.73 bits per heavy atom. The van der Waals surface area contributed by atoms with E-state index in [9.17, 15) is 0 Å². The van der Waals surface area contributed by atoms with E-state index in [1.807, 2.05) is 36.4 Å². The van der Waals surface area contributed by atoms with Crippen molar-refractivity contribution >= 4 is 17.0 Å². The molecule has 0 aliphatic heterocycles. The molecular formula is C19H15NO2. The molecule has 1 aromatic heterocycles. The van der Waals surface area contributed by atoms with E-state index in [-0.39, 0.29) is 0 Å². The smallest absolute Gasteiger partial charge is 0.134 e. The fourth-order valence-electron chi connectivity index (χ4n) is 2.35. The van der Waals surface area contributed by atoms with Gasteiger partial charge < -0.3 is 9.15 Å². The molecule has 3 heteroatoms. The molecule has 3 nitrogen and oxygen atoms in total. The van der Waals surface area contributed by atoms with E-state index in [1.165, 1.54) is 0 Å². The van der Waals surface area contributed by atoms with Crippen molar-refractivity contribution < 1.29 is 9.15 Å². The van der Waals surface area contributed by atoms with Gasteiger partial charge in [-0.15, -0.1) is 0 Å². The zero-order chi connectivity index (χ0) is 15.4. The standard InChI is InChI=1S/C19H15NO2/c1-21-17-8-5-14(6-9-17)3-2-4-16-13-22-19-10-7-15(12-20)11-18(16)19/h2-3,5-11,13H,4H2,1H3/b3-2+. The highest BCUT2D eigenvalue weighted by Crippen LogP contribution is 2.23. The van der Waals surface area contributed by atoms with Crippen LogP contribution in [-0.2, 0) is 6.42 Å². The molecule has 0 spiro atoms. The predicted octanol–water partition coefficient (Wildman–Crippen LogP) is 4.57. The van der Waals surface area contributed by atoms with Crippen molar-refractivity contribution in [1.82, 2.24) is 0 Å². The summed E-state index contributed by atoms with van der Waals surface area (Å²) in [5.41, 5.74) is 3.66. The number of allylic oxidation sites excluding steroid dienone is 1. The third kappa shape index (κ3) is 2.87. The Labute approximate surface area is 129 Å². The highest BCUT2D eigenvalue weighted by molar-refractivity contribution is 5.82. The summed E-state index contributed by atoms with van der Waals surface area (Å²) in [6, 6.07) is 15.5. The fraction of sp³-hybridized carbons (Fsp3) is 0.105. The van der Waals surface area contributed by atoms with Gasteiger partial charge in [0.05, 0.1) is 25.0 Å². The Morgan fingerprint density at radius 2 is 2.00 bits per heavy atom. The number of fused-ring (bicyclic) bond motifs is 1. The molecule has 3 rings (SSSR count). The Bertz CT molecular complexity index is 851. The first-order valence-corrected chi connectivity index (χ1v) is 7.01. The first-order chi connectivity index (χ1) is 10.8. The number of hydrogen-bond acceptors (Lipinski definition) is 3. The number of nitrogens with zero attached hydrogens (tertiary/aromatic N) is 1. The summed E-state index contributed by atoms with van der Waals surface area (Å²) in [6.45, 7) is 0. The Balaban J connectivity index is 1.78. The van der Waals surface area contributed by atoms with Crippen LogP contribution in [0.1, 0.15) is 16.7 Å². The first kappa shape index (κ1) is 14.0. The van der Waals surface area contributed by atoms with Gasteiger partial charge in [0.1, 0.15) is 11.3 Å². The molecule has 0 saturated heterocycles. The molecule has 2 aromatic carbocycles. The van der Waals surface area contributed by atoms with Crippen LogP contribution in [0.25, 0.3) is 17.0 Å². The number of hydrogen-bond donors (Lipinski definition) is 0. The molecule has 0 aliphatic rings. The highest BCUT2D eigenvalue weighted by atomic mass is 16.5. The van der Waals surface area contributed by atoms with E-state index in [4.69, 9.17) is 14.4 Å². The van der Waals surface area contributed by atoms with Crippen molar-refractivity contribution in [1.29, 1.82) is 5.26 Å². The minimum Gasteiger partial charge on any atom is -0.497 e. The van der Waals surface area contributed by atoms with E-state index >= 15 is 0 Å². The van der Waals surface area contributed by atoms with Crippen molar-refractivity contribution in [3.05, 3.63) is 71.5 Å². The van der Waals surface area contributed by atoms with Crippen molar-refractivity contribution in [3.63, 3.8) is 0 Å². The maximum absolute atomic E-state index is 8.99. The molecule has 0 fully saturated rings. The summed E-state index contributed by atoms with van der Waals surface area (Å²) in [7, 11) is 1.66. The number of furan rings is 1. The molecular weight excluding hydrogens is 274 g/mol. The van der Waals surface area contributed by atoms with Gasteiger partial charge >= 0.3 is 0 Å². The van der Waals surface area contributed by atoms with E-state index in [1.54, 1.807) is 19.4 Å². The first-order valence-electron chi connectivity index (χ1n) is 7.01. The Morgan fingerprint density at radius 1 is 1.18 bits per heavy atom. The van der Waals surface area contributed by atoms with Gasteiger partial charge in [0.2, 0.25) is 0 Å². The molecule has 3 aromatic rings. The molecule has 0 aliphatic carbocycles. The van der Waals surface area contributed by atoms with E-state index in [2.05, 4.69) is 18.2 Å². The van der Waals surface area contributed by atoms with Crippen LogP contribution in [0.2, 0.25) is 0 Å². The monoisotopic (exact) mass is 289 g/mol. The highest BCUT2D eigenvalue weighted by Gasteiger charge is 2.05. The molecule has 0 amide bonds. The van der Waals surface area contributed by atoms with Crippen LogP contribution in [-0.4, -0.2) is 7.11 Å². The SMILES string of the molecule is COc1ccc(/C=C/Cc2coc3ccc(C#N)cc23)cc1. The fourth-order valence-corrected chi connectivity index (χ4v) is 2.35. The Hall–Kier alpha value is -2.99. The second kappa shape index (κ2) is 6.19. The van der Waals surface area contributed by atoms with Crippen LogP contribution in [0.3, 0.4) is 0 Å². The van der Waals surface area contributed by atoms with Crippen LogP contribution >= 0.6 is 0 Å². The van der Waals surface area contributed by atoms with Crippen LogP contribution in [0.5, 0.6) is 5.75 Å². The van der Waals surface area contributed by atoms with Crippen molar-refractivity contribution in [2.24, 2.45) is 0 Å². The molecule has 0 unspecified atom stereocenters. The molecule has 0 atom stereocenters. The van der Waals surface area contributed by atoms with Gasteiger partial charge in [-0.1, -0.05) is 24.3 Å². The van der Waals surface area contributed by atoms with E-state index < -0.39 is 0 Å². The summed E-state index contributed by atoms with van der Waals surface area (Å²) in [6.07, 6.45) is 6.66. The number of benzene rings is 2. The molecule has 0 bridgehead atoms. The van der Waals surface area contributed by atoms with Crippen molar-refractivity contribution in [3.8, 4) is 11.8 Å². The predicted molar refractivity (Wildman–Crippen MR) is 86.7 cm³/mol. The number of ether oxygens (including phenoxy) is 1. The molecule has 0 saturated carbocycles. The quantitative estimate of drug-likeness (QED) is 0.706. The second-order valence-electron chi connectivity index (χ2n) is 4.96. The minimum absolute atomic E-state index is 0.647. The molecule has 108 valence electrons. The average Bonchev–Trinajstić information content (AvgIpc) is 2.98. The average molecular weight is 289 g/mol. The van der Waals surface area contributed by atoms with Gasteiger partial charge in [0.15, 0.2) is 0 Å². The lowest BCUT2D eigenvalue weighted by Crippen LogP contribution is -1.82. The zero-order valence-corrected chi connectivity index (χ0v) is 12.2. The van der Waals surface area contributed by atoms with Gasteiger partial charge in [-0.05, 0) is 42.3 Å². The normalized spacial score (nSPS) is 10.9. The summed E-state index contributed by atoms with van der Waals surface area (Å²) in [5.74, 6) is 0.849. The van der Waals surface area contributed by atoms with Gasteiger partial charge in [-0.25, -0.2) is 0 Å². The van der Waals surface area contributed by atoms with Gasteiger partial charge in [-0.2, -0.15) is 5.26 Å². The summed E-state index contributed by atoms with van der Waals surface area (Å²) in [5, 5.41) is 9.99. The van der Waals surface area contributed by atoms with Crippen LogP contribution in [0, 0.1) is 11.3 Å².